The number of amides is 1. The van der Waals surface area contributed by atoms with Gasteiger partial charge in [0.15, 0.2) is 0 Å². The van der Waals surface area contributed by atoms with Gasteiger partial charge in [-0.3, -0.25) is 9.69 Å². The molecule has 0 unspecified atom stereocenters. The van der Waals surface area contributed by atoms with Crippen LogP contribution in [0.2, 0.25) is 0 Å². The largest absolute Gasteiger partial charge is 0.381 e. The summed E-state index contributed by atoms with van der Waals surface area (Å²) in [5, 5.41) is 8.93. The first-order chi connectivity index (χ1) is 12.7. The van der Waals surface area contributed by atoms with Gasteiger partial charge in [0.25, 0.3) is 0 Å². The minimum Gasteiger partial charge on any atom is -0.381 e. The van der Waals surface area contributed by atoms with Gasteiger partial charge in [-0.25, -0.2) is 0 Å². The fraction of sp³-hybridized carbons (Fsp3) is 0.619. The number of ether oxygens (including phenoxy) is 1. The number of piperidine rings is 1. The summed E-state index contributed by atoms with van der Waals surface area (Å²) >= 11 is 0. The van der Waals surface area contributed by atoms with E-state index in [1.165, 1.54) is 5.56 Å². The molecule has 0 bridgehead atoms. The molecule has 3 aliphatic heterocycles. The molecule has 3 aliphatic rings. The number of hydrogen-bond donors (Lipinski definition) is 0. The summed E-state index contributed by atoms with van der Waals surface area (Å²) in [6.45, 7) is 5.19. The van der Waals surface area contributed by atoms with Gasteiger partial charge in [0.1, 0.15) is 0 Å². The van der Waals surface area contributed by atoms with Gasteiger partial charge < -0.3 is 9.64 Å². The Morgan fingerprint density at radius 2 is 1.92 bits per heavy atom. The van der Waals surface area contributed by atoms with Crippen molar-refractivity contribution >= 4 is 5.91 Å². The van der Waals surface area contributed by atoms with Crippen LogP contribution in [0.5, 0.6) is 0 Å². The number of likely N-dealkylation sites (tertiary alicyclic amines) is 2. The third kappa shape index (κ3) is 3.36. The lowest BCUT2D eigenvalue weighted by Crippen LogP contribution is -2.54. The summed E-state index contributed by atoms with van der Waals surface area (Å²) in [5.74, 6) is 0.387. The van der Waals surface area contributed by atoms with Crippen LogP contribution in [0.25, 0.3) is 0 Å². The van der Waals surface area contributed by atoms with E-state index in [0.29, 0.717) is 17.5 Å². The van der Waals surface area contributed by atoms with Gasteiger partial charge in [-0.05, 0) is 56.3 Å². The van der Waals surface area contributed by atoms with Crippen molar-refractivity contribution in [2.75, 3.05) is 32.8 Å². The monoisotopic (exact) mass is 353 g/mol. The third-order valence-electron chi connectivity index (χ3n) is 6.32. The Bertz CT molecular complexity index is 690. The van der Waals surface area contributed by atoms with Gasteiger partial charge in [-0.15, -0.1) is 0 Å². The van der Waals surface area contributed by atoms with Crippen LogP contribution < -0.4 is 0 Å². The number of nitrogens with zero attached hydrogens (tertiary/aromatic N) is 3. The molecule has 0 saturated carbocycles. The second-order valence-corrected chi connectivity index (χ2v) is 8.00. The van der Waals surface area contributed by atoms with Crippen LogP contribution in [-0.2, 0) is 16.1 Å². The molecule has 1 spiro atoms. The normalized spacial score (nSPS) is 27.8. The average molecular weight is 353 g/mol. The highest BCUT2D eigenvalue weighted by Gasteiger charge is 2.49. The molecule has 3 heterocycles. The molecule has 4 rings (SSSR count). The first-order valence-corrected chi connectivity index (χ1v) is 9.80. The van der Waals surface area contributed by atoms with Crippen molar-refractivity contribution in [3.8, 4) is 6.07 Å². The quantitative estimate of drug-likeness (QED) is 0.838. The second kappa shape index (κ2) is 7.38. The molecule has 26 heavy (non-hydrogen) atoms. The lowest BCUT2D eigenvalue weighted by atomic mass is 9.77. The number of carbonyl (C=O) groups is 1. The standard InChI is InChI=1S/C21H27N3O2/c22-14-17-2-4-18(5-3-17)15-23-11-9-21(16-23)8-1-10-24(20(21)25)19-6-12-26-13-7-19/h2-5,19H,1,6-13,15-16H2/t21-/m1/s1. The van der Waals surface area contributed by atoms with Gasteiger partial charge in [-0.1, -0.05) is 12.1 Å². The first kappa shape index (κ1) is 17.5. The molecule has 1 amide bonds. The predicted molar refractivity (Wildman–Crippen MR) is 98.3 cm³/mol. The molecule has 1 aromatic carbocycles. The Labute approximate surface area is 155 Å². The molecular formula is C21H27N3O2. The van der Waals surface area contributed by atoms with Crippen LogP contribution in [-0.4, -0.2) is 54.6 Å². The molecule has 5 nitrogen and oxygen atoms in total. The Kier molecular flexibility index (Phi) is 4.97. The Morgan fingerprint density at radius 3 is 2.65 bits per heavy atom. The molecule has 0 radical (unpaired) electrons. The number of benzene rings is 1. The molecule has 3 saturated heterocycles. The highest BCUT2D eigenvalue weighted by atomic mass is 16.5. The topological polar surface area (TPSA) is 56.6 Å². The van der Waals surface area contributed by atoms with E-state index in [1.54, 1.807) is 0 Å². The van der Waals surface area contributed by atoms with E-state index in [-0.39, 0.29) is 5.41 Å². The summed E-state index contributed by atoms with van der Waals surface area (Å²) in [5.41, 5.74) is 1.73. The fourth-order valence-corrected chi connectivity index (χ4v) is 4.86. The maximum atomic E-state index is 13.4. The zero-order chi connectivity index (χ0) is 18.0. The van der Waals surface area contributed by atoms with Crippen molar-refractivity contribution in [2.24, 2.45) is 5.41 Å². The number of carbonyl (C=O) groups excluding carboxylic acids is 1. The third-order valence-corrected chi connectivity index (χ3v) is 6.32. The van der Waals surface area contributed by atoms with E-state index in [1.807, 2.05) is 24.3 Å². The van der Waals surface area contributed by atoms with Crippen LogP contribution in [0.15, 0.2) is 24.3 Å². The smallest absolute Gasteiger partial charge is 0.230 e. The summed E-state index contributed by atoms with van der Waals surface area (Å²) < 4.78 is 5.48. The van der Waals surface area contributed by atoms with Crippen LogP contribution in [0.4, 0.5) is 0 Å². The summed E-state index contributed by atoms with van der Waals surface area (Å²) in [4.78, 5) is 17.9. The molecule has 3 fully saturated rings. The van der Waals surface area contributed by atoms with Crippen LogP contribution in [0.1, 0.15) is 43.2 Å². The molecular weight excluding hydrogens is 326 g/mol. The minimum absolute atomic E-state index is 0.177. The SMILES string of the molecule is N#Cc1ccc(CN2CC[C@]3(CCCN(C4CCOCC4)C3=O)C2)cc1. The summed E-state index contributed by atoms with van der Waals surface area (Å²) in [6.07, 6.45) is 5.08. The number of rotatable bonds is 3. The molecule has 1 aromatic rings. The van der Waals surface area contributed by atoms with E-state index in [4.69, 9.17) is 10.00 Å². The van der Waals surface area contributed by atoms with Gasteiger partial charge in [-0.2, -0.15) is 5.26 Å². The lowest BCUT2D eigenvalue weighted by Gasteiger charge is -2.44. The van der Waals surface area contributed by atoms with Crippen molar-refractivity contribution < 1.29 is 9.53 Å². The van der Waals surface area contributed by atoms with Crippen molar-refractivity contribution in [3.63, 3.8) is 0 Å². The molecule has 0 N–H and O–H groups in total. The number of hydrogen-bond acceptors (Lipinski definition) is 4. The fourth-order valence-electron chi connectivity index (χ4n) is 4.86. The van der Waals surface area contributed by atoms with Crippen molar-refractivity contribution in [1.82, 2.24) is 9.80 Å². The number of nitriles is 1. The second-order valence-electron chi connectivity index (χ2n) is 8.00. The van der Waals surface area contributed by atoms with Crippen molar-refractivity contribution in [3.05, 3.63) is 35.4 Å². The average Bonchev–Trinajstić information content (AvgIpc) is 3.09. The summed E-state index contributed by atoms with van der Waals surface area (Å²) in [6, 6.07) is 10.3. The van der Waals surface area contributed by atoms with E-state index in [0.717, 1.165) is 71.5 Å². The first-order valence-electron chi connectivity index (χ1n) is 9.80. The molecule has 0 aliphatic carbocycles. The van der Waals surface area contributed by atoms with Gasteiger partial charge in [0.05, 0.1) is 17.0 Å². The lowest BCUT2D eigenvalue weighted by molar-refractivity contribution is -0.150. The predicted octanol–water partition coefficient (Wildman–Crippen LogP) is 2.55. The Balaban J connectivity index is 1.42. The van der Waals surface area contributed by atoms with Crippen LogP contribution in [0, 0.1) is 16.7 Å². The molecule has 0 aromatic heterocycles. The Hall–Kier alpha value is -1.90. The zero-order valence-electron chi connectivity index (χ0n) is 15.3. The van der Waals surface area contributed by atoms with E-state index < -0.39 is 0 Å². The Morgan fingerprint density at radius 1 is 1.15 bits per heavy atom. The maximum Gasteiger partial charge on any atom is 0.230 e. The summed E-state index contributed by atoms with van der Waals surface area (Å²) in [7, 11) is 0. The highest BCUT2D eigenvalue weighted by Crippen LogP contribution is 2.41. The van der Waals surface area contributed by atoms with Crippen molar-refractivity contribution in [2.45, 2.75) is 44.7 Å². The maximum absolute atomic E-state index is 13.4. The van der Waals surface area contributed by atoms with Crippen LogP contribution in [0.3, 0.4) is 0 Å². The minimum atomic E-state index is -0.177. The van der Waals surface area contributed by atoms with Gasteiger partial charge >= 0.3 is 0 Å². The van der Waals surface area contributed by atoms with Gasteiger partial charge in [0, 0.05) is 38.9 Å². The van der Waals surface area contributed by atoms with Crippen molar-refractivity contribution in [1.29, 1.82) is 5.26 Å². The molecule has 138 valence electrons. The van der Waals surface area contributed by atoms with Gasteiger partial charge in [0.2, 0.25) is 5.91 Å². The van der Waals surface area contributed by atoms with Crippen LogP contribution >= 0.6 is 0 Å². The van der Waals surface area contributed by atoms with E-state index >= 15 is 0 Å². The van der Waals surface area contributed by atoms with E-state index in [2.05, 4.69) is 15.9 Å². The highest BCUT2D eigenvalue weighted by molar-refractivity contribution is 5.84. The molecule has 1 atom stereocenters. The molecule has 5 heteroatoms. The van der Waals surface area contributed by atoms with E-state index in [9.17, 15) is 4.79 Å². The zero-order valence-corrected chi connectivity index (χ0v) is 15.3.